The maximum atomic E-state index is 13.2. The summed E-state index contributed by atoms with van der Waals surface area (Å²) in [5.41, 5.74) is 3.34. The molecule has 0 unspecified atom stereocenters. The van der Waals surface area contributed by atoms with E-state index in [-0.39, 0.29) is 5.91 Å². The molecule has 0 atom stereocenters. The normalized spacial score (nSPS) is 14.1. The summed E-state index contributed by atoms with van der Waals surface area (Å²) < 4.78 is 7.20. The molecule has 0 saturated carbocycles. The van der Waals surface area contributed by atoms with Crippen molar-refractivity contribution in [2.75, 3.05) is 33.3 Å². The van der Waals surface area contributed by atoms with E-state index in [1.54, 1.807) is 7.11 Å². The molecule has 1 aliphatic rings. The second-order valence-electron chi connectivity index (χ2n) is 6.85. The maximum absolute atomic E-state index is 13.2. The number of piperazine rings is 1. The average molecular weight is 376 g/mol. The van der Waals surface area contributed by atoms with Gasteiger partial charge in [-0.1, -0.05) is 42.5 Å². The Morgan fingerprint density at radius 2 is 1.89 bits per heavy atom. The Kier molecular flexibility index (Phi) is 5.39. The average Bonchev–Trinajstić information content (AvgIpc) is 3.18. The molecule has 1 N–H and O–H groups in total. The van der Waals surface area contributed by atoms with Gasteiger partial charge in [-0.2, -0.15) is 5.10 Å². The predicted molar refractivity (Wildman–Crippen MR) is 109 cm³/mol. The van der Waals surface area contributed by atoms with E-state index in [4.69, 9.17) is 9.84 Å². The van der Waals surface area contributed by atoms with Gasteiger partial charge in [0.1, 0.15) is 11.4 Å². The van der Waals surface area contributed by atoms with Crippen molar-refractivity contribution in [3.8, 4) is 17.0 Å². The molecule has 1 saturated heterocycles. The van der Waals surface area contributed by atoms with E-state index in [1.165, 1.54) is 0 Å². The van der Waals surface area contributed by atoms with Gasteiger partial charge in [0.05, 0.1) is 19.2 Å². The number of benzene rings is 2. The third-order valence-corrected chi connectivity index (χ3v) is 4.93. The molecule has 0 bridgehead atoms. The number of hydrogen-bond donors (Lipinski definition) is 1. The summed E-state index contributed by atoms with van der Waals surface area (Å²) in [6.07, 6.45) is 1.87. The third-order valence-electron chi connectivity index (χ3n) is 4.93. The molecule has 6 heteroatoms. The first kappa shape index (κ1) is 18.3. The molecule has 1 amide bonds. The number of carbonyl (C=O) groups excluding carboxylic acids is 1. The molecule has 0 spiro atoms. The lowest BCUT2D eigenvalue weighted by atomic mass is 10.1. The van der Waals surface area contributed by atoms with E-state index in [1.807, 2.05) is 58.2 Å². The van der Waals surface area contributed by atoms with Crippen LogP contribution in [-0.2, 0) is 6.54 Å². The molecule has 1 aromatic heterocycles. The highest BCUT2D eigenvalue weighted by Gasteiger charge is 2.24. The van der Waals surface area contributed by atoms with Crippen LogP contribution in [0.1, 0.15) is 15.9 Å². The van der Waals surface area contributed by atoms with Gasteiger partial charge in [0.15, 0.2) is 0 Å². The second kappa shape index (κ2) is 8.27. The minimum absolute atomic E-state index is 0.0265. The fraction of sp³-hybridized carbons (Fsp3) is 0.273. The van der Waals surface area contributed by atoms with Gasteiger partial charge in [-0.25, -0.2) is 0 Å². The summed E-state index contributed by atoms with van der Waals surface area (Å²) in [5.74, 6) is 0.773. The lowest BCUT2D eigenvalue weighted by molar-refractivity contribution is 0.0736. The molecule has 1 fully saturated rings. The number of hydrogen-bond acceptors (Lipinski definition) is 4. The number of rotatable bonds is 5. The van der Waals surface area contributed by atoms with Crippen LogP contribution in [0.15, 0.2) is 60.8 Å². The number of nitrogens with zero attached hydrogens (tertiary/aromatic N) is 3. The summed E-state index contributed by atoms with van der Waals surface area (Å²) in [6, 6.07) is 17.8. The van der Waals surface area contributed by atoms with E-state index in [9.17, 15) is 4.79 Å². The molecule has 144 valence electrons. The quantitative estimate of drug-likeness (QED) is 0.744. The van der Waals surface area contributed by atoms with Crippen LogP contribution in [0.2, 0.25) is 0 Å². The molecule has 4 rings (SSSR count). The van der Waals surface area contributed by atoms with Crippen molar-refractivity contribution >= 4 is 5.91 Å². The first-order valence-electron chi connectivity index (χ1n) is 9.50. The van der Waals surface area contributed by atoms with Gasteiger partial charge < -0.3 is 15.0 Å². The van der Waals surface area contributed by atoms with Crippen molar-refractivity contribution < 1.29 is 9.53 Å². The molecule has 2 aromatic carbocycles. The number of ether oxygens (including phenoxy) is 1. The van der Waals surface area contributed by atoms with Gasteiger partial charge in [0, 0.05) is 37.9 Å². The highest BCUT2D eigenvalue weighted by Crippen LogP contribution is 2.27. The maximum Gasteiger partial charge on any atom is 0.257 e. The Labute approximate surface area is 164 Å². The van der Waals surface area contributed by atoms with Crippen molar-refractivity contribution in [1.82, 2.24) is 20.0 Å². The number of methoxy groups -OCH3 is 1. The zero-order valence-corrected chi connectivity index (χ0v) is 16.0. The minimum Gasteiger partial charge on any atom is -0.497 e. The van der Waals surface area contributed by atoms with Crippen molar-refractivity contribution in [3.05, 3.63) is 71.9 Å². The van der Waals surface area contributed by atoms with Crippen molar-refractivity contribution in [2.45, 2.75) is 6.54 Å². The molecule has 2 heterocycles. The summed E-state index contributed by atoms with van der Waals surface area (Å²) in [4.78, 5) is 15.1. The fourth-order valence-corrected chi connectivity index (χ4v) is 3.45. The standard InChI is InChI=1S/C22H24N4O2/c1-28-19-9-5-8-18(14-19)21-20(22(27)25-12-10-23-11-13-25)16-26(24-21)15-17-6-3-2-4-7-17/h2-9,14,16,23H,10-13,15H2,1H3. The summed E-state index contributed by atoms with van der Waals surface area (Å²) in [5, 5.41) is 8.05. The zero-order chi connectivity index (χ0) is 19.3. The SMILES string of the molecule is COc1cccc(-c2nn(Cc3ccccc3)cc2C(=O)N2CCNCC2)c1. The Bertz CT molecular complexity index is 946. The highest BCUT2D eigenvalue weighted by molar-refractivity contribution is 6.00. The number of carbonyl (C=O) groups is 1. The zero-order valence-electron chi connectivity index (χ0n) is 16.0. The van der Waals surface area contributed by atoms with Gasteiger partial charge in [-0.15, -0.1) is 0 Å². The van der Waals surface area contributed by atoms with Gasteiger partial charge in [-0.3, -0.25) is 9.48 Å². The van der Waals surface area contributed by atoms with Crippen LogP contribution in [0.4, 0.5) is 0 Å². The lowest BCUT2D eigenvalue weighted by Gasteiger charge is -2.27. The molecule has 28 heavy (non-hydrogen) atoms. The molecular weight excluding hydrogens is 352 g/mol. The Morgan fingerprint density at radius 3 is 2.64 bits per heavy atom. The van der Waals surface area contributed by atoms with Crippen LogP contribution < -0.4 is 10.1 Å². The van der Waals surface area contributed by atoms with E-state index < -0.39 is 0 Å². The monoisotopic (exact) mass is 376 g/mol. The molecule has 3 aromatic rings. The second-order valence-corrected chi connectivity index (χ2v) is 6.85. The summed E-state index contributed by atoms with van der Waals surface area (Å²) >= 11 is 0. The fourth-order valence-electron chi connectivity index (χ4n) is 3.45. The van der Waals surface area contributed by atoms with Crippen LogP contribution >= 0.6 is 0 Å². The highest BCUT2D eigenvalue weighted by atomic mass is 16.5. The summed E-state index contributed by atoms with van der Waals surface area (Å²) in [7, 11) is 1.64. The molecule has 1 aliphatic heterocycles. The van der Waals surface area contributed by atoms with Gasteiger partial charge >= 0.3 is 0 Å². The molecule has 0 aliphatic carbocycles. The molecule has 6 nitrogen and oxygen atoms in total. The van der Waals surface area contributed by atoms with Crippen molar-refractivity contribution in [1.29, 1.82) is 0 Å². The van der Waals surface area contributed by atoms with Crippen LogP contribution in [0.25, 0.3) is 11.3 Å². The third kappa shape index (κ3) is 3.92. The Hall–Kier alpha value is -3.12. The summed E-state index contributed by atoms with van der Waals surface area (Å²) in [6.45, 7) is 3.67. The molecule has 0 radical (unpaired) electrons. The topological polar surface area (TPSA) is 59.4 Å². The first-order valence-corrected chi connectivity index (χ1v) is 9.50. The van der Waals surface area contributed by atoms with Crippen molar-refractivity contribution in [2.24, 2.45) is 0 Å². The van der Waals surface area contributed by atoms with E-state index in [0.717, 1.165) is 30.0 Å². The Morgan fingerprint density at radius 1 is 1.11 bits per heavy atom. The van der Waals surface area contributed by atoms with Gasteiger partial charge in [-0.05, 0) is 17.7 Å². The predicted octanol–water partition coefficient (Wildman–Crippen LogP) is 2.65. The Balaban J connectivity index is 1.72. The van der Waals surface area contributed by atoms with Crippen molar-refractivity contribution in [3.63, 3.8) is 0 Å². The van der Waals surface area contributed by atoms with Gasteiger partial charge in [0.25, 0.3) is 5.91 Å². The largest absolute Gasteiger partial charge is 0.497 e. The lowest BCUT2D eigenvalue weighted by Crippen LogP contribution is -2.46. The minimum atomic E-state index is 0.0265. The smallest absolute Gasteiger partial charge is 0.257 e. The number of nitrogens with one attached hydrogen (secondary N) is 1. The van der Waals surface area contributed by atoms with E-state index >= 15 is 0 Å². The first-order chi connectivity index (χ1) is 13.7. The number of aromatic nitrogens is 2. The van der Waals surface area contributed by atoms with Crippen LogP contribution in [0, 0.1) is 0 Å². The number of amides is 1. The van der Waals surface area contributed by atoms with E-state index in [0.29, 0.717) is 30.9 Å². The van der Waals surface area contributed by atoms with Gasteiger partial charge in [0.2, 0.25) is 0 Å². The van der Waals surface area contributed by atoms with E-state index in [2.05, 4.69) is 17.4 Å². The molecular formula is C22H24N4O2. The van der Waals surface area contributed by atoms with Crippen LogP contribution in [0.5, 0.6) is 5.75 Å². The van der Waals surface area contributed by atoms with Crippen LogP contribution in [-0.4, -0.2) is 53.9 Å². The van der Waals surface area contributed by atoms with Crippen LogP contribution in [0.3, 0.4) is 0 Å².